The van der Waals surface area contributed by atoms with Gasteiger partial charge in [0.1, 0.15) is 17.3 Å². The fourth-order valence-electron chi connectivity index (χ4n) is 4.53. The molecule has 0 radical (unpaired) electrons. The molecule has 2 aromatic carbocycles. The zero-order chi connectivity index (χ0) is 28.2. The summed E-state index contributed by atoms with van der Waals surface area (Å²) in [7, 11) is 0. The number of aromatic nitrogens is 3. The molecule has 1 fully saturated rings. The standard InChI is InChI=1S/C28H26Cl2FN7O2/c29-21-16-22(30)20(15-19(21)26-23(31)7-4-9-33-26)27(39)34-25-17-24(35-38(25)18-5-2-1-3-6-18)28(40)37-13-11-36(10-8-32)12-14-37/h1-7,9,15-17H,8,10-14,32H2,(H,34,39). The molecule has 2 aromatic heterocycles. The molecule has 206 valence electrons. The number of nitrogens with two attached hydrogens (primary N) is 1. The monoisotopic (exact) mass is 581 g/mol. The molecule has 1 aliphatic rings. The van der Waals surface area contributed by atoms with Crippen molar-refractivity contribution in [3.8, 4) is 16.9 Å². The van der Waals surface area contributed by atoms with E-state index >= 15 is 0 Å². The van der Waals surface area contributed by atoms with Gasteiger partial charge in [-0.2, -0.15) is 5.10 Å². The lowest BCUT2D eigenvalue weighted by atomic mass is 10.1. The average molecular weight is 582 g/mol. The van der Waals surface area contributed by atoms with Gasteiger partial charge in [0.15, 0.2) is 5.69 Å². The van der Waals surface area contributed by atoms with Gasteiger partial charge in [0.25, 0.3) is 11.8 Å². The number of para-hydroxylation sites is 1. The molecule has 0 atom stereocenters. The van der Waals surface area contributed by atoms with Crippen LogP contribution in [-0.2, 0) is 0 Å². The molecule has 4 aromatic rings. The van der Waals surface area contributed by atoms with E-state index in [0.717, 1.165) is 19.6 Å². The van der Waals surface area contributed by atoms with Crippen LogP contribution < -0.4 is 11.1 Å². The number of rotatable bonds is 7. The van der Waals surface area contributed by atoms with E-state index in [1.807, 2.05) is 18.2 Å². The van der Waals surface area contributed by atoms with Crippen LogP contribution in [0.5, 0.6) is 0 Å². The molecule has 0 spiro atoms. The third-order valence-electron chi connectivity index (χ3n) is 6.59. The van der Waals surface area contributed by atoms with Crippen LogP contribution in [-0.4, -0.2) is 75.6 Å². The van der Waals surface area contributed by atoms with Crippen molar-refractivity contribution in [1.29, 1.82) is 0 Å². The molecule has 2 amide bonds. The smallest absolute Gasteiger partial charge is 0.274 e. The molecule has 0 bridgehead atoms. The maximum Gasteiger partial charge on any atom is 0.274 e. The normalized spacial score (nSPS) is 13.8. The molecule has 3 N–H and O–H groups in total. The maximum absolute atomic E-state index is 14.5. The summed E-state index contributed by atoms with van der Waals surface area (Å²) in [5.41, 5.74) is 6.75. The molecule has 0 unspecified atom stereocenters. The van der Waals surface area contributed by atoms with E-state index in [0.29, 0.717) is 25.3 Å². The van der Waals surface area contributed by atoms with Crippen molar-refractivity contribution in [2.45, 2.75) is 0 Å². The molecule has 1 aliphatic heterocycles. The van der Waals surface area contributed by atoms with Gasteiger partial charge >= 0.3 is 0 Å². The fourth-order valence-corrected chi connectivity index (χ4v) is 5.09. The number of anilines is 1. The summed E-state index contributed by atoms with van der Waals surface area (Å²) in [5.74, 6) is -1.16. The Hall–Kier alpha value is -3.83. The van der Waals surface area contributed by atoms with E-state index < -0.39 is 11.7 Å². The lowest BCUT2D eigenvalue weighted by Gasteiger charge is -2.34. The minimum atomic E-state index is -0.592. The Morgan fingerprint density at radius 3 is 2.42 bits per heavy atom. The van der Waals surface area contributed by atoms with Gasteiger partial charge in [-0.25, -0.2) is 9.07 Å². The summed E-state index contributed by atoms with van der Waals surface area (Å²) < 4.78 is 15.9. The van der Waals surface area contributed by atoms with Crippen molar-refractivity contribution in [3.05, 3.63) is 94.0 Å². The highest BCUT2D eigenvalue weighted by Crippen LogP contribution is 2.33. The van der Waals surface area contributed by atoms with Gasteiger partial charge in [-0.05, 0) is 36.4 Å². The third-order valence-corrected chi connectivity index (χ3v) is 7.22. The number of nitrogens with zero attached hydrogens (tertiary/aromatic N) is 5. The van der Waals surface area contributed by atoms with Crippen molar-refractivity contribution in [3.63, 3.8) is 0 Å². The highest BCUT2D eigenvalue weighted by molar-refractivity contribution is 6.38. The van der Waals surface area contributed by atoms with Gasteiger partial charge in [0, 0.05) is 57.1 Å². The summed E-state index contributed by atoms with van der Waals surface area (Å²) >= 11 is 12.7. The molecular weight excluding hydrogens is 556 g/mol. The van der Waals surface area contributed by atoms with E-state index in [1.54, 1.807) is 17.0 Å². The number of hydrogen-bond acceptors (Lipinski definition) is 6. The number of hydrogen-bond donors (Lipinski definition) is 2. The van der Waals surface area contributed by atoms with E-state index in [1.165, 1.54) is 41.2 Å². The highest BCUT2D eigenvalue weighted by Gasteiger charge is 2.26. The third kappa shape index (κ3) is 5.85. The Labute approximate surface area is 240 Å². The van der Waals surface area contributed by atoms with E-state index in [-0.39, 0.29) is 44.3 Å². The summed E-state index contributed by atoms with van der Waals surface area (Å²) in [6.45, 7) is 3.88. The number of pyridine rings is 1. The summed E-state index contributed by atoms with van der Waals surface area (Å²) in [5, 5.41) is 7.56. The molecule has 12 heteroatoms. The average Bonchev–Trinajstić information content (AvgIpc) is 3.38. The molecule has 3 heterocycles. The molecule has 5 rings (SSSR count). The number of benzene rings is 2. The van der Waals surface area contributed by atoms with Crippen LogP contribution in [0.2, 0.25) is 10.0 Å². The number of carbonyl (C=O) groups excluding carboxylic acids is 2. The van der Waals surface area contributed by atoms with Gasteiger partial charge < -0.3 is 16.0 Å². The van der Waals surface area contributed by atoms with E-state index in [4.69, 9.17) is 28.9 Å². The van der Waals surface area contributed by atoms with Crippen LogP contribution in [0, 0.1) is 5.82 Å². The topological polar surface area (TPSA) is 109 Å². The fraction of sp³-hybridized carbons (Fsp3) is 0.214. The lowest BCUT2D eigenvalue weighted by molar-refractivity contribution is 0.0634. The number of amides is 2. The van der Waals surface area contributed by atoms with Crippen LogP contribution >= 0.6 is 23.2 Å². The molecular formula is C28H26Cl2FN7O2. The minimum Gasteiger partial charge on any atom is -0.335 e. The van der Waals surface area contributed by atoms with Crippen LogP contribution in [0.25, 0.3) is 16.9 Å². The van der Waals surface area contributed by atoms with Crippen molar-refractivity contribution < 1.29 is 14.0 Å². The Balaban J connectivity index is 1.45. The second-order valence-electron chi connectivity index (χ2n) is 9.18. The van der Waals surface area contributed by atoms with Gasteiger partial charge in [-0.3, -0.25) is 19.5 Å². The van der Waals surface area contributed by atoms with Crippen LogP contribution in [0.1, 0.15) is 20.8 Å². The SMILES string of the molecule is NCCN1CCN(C(=O)c2cc(NC(=O)c3cc(-c4ncccc4F)c(Cl)cc3Cl)n(-c3ccccc3)n2)CC1. The molecule has 1 saturated heterocycles. The maximum atomic E-state index is 14.5. The quantitative estimate of drug-likeness (QED) is 0.336. The number of carbonyl (C=O) groups is 2. The summed E-state index contributed by atoms with van der Waals surface area (Å²) in [6, 6.07) is 16.1. The molecule has 40 heavy (non-hydrogen) atoms. The zero-order valence-corrected chi connectivity index (χ0v) is 22.9. The van der Waals surface area contributed by atoms with Crippen molar-refractivity contribution in [1.82, 2.24) is 24.6 Å². The number of piperazine rings is 1. The van der Waals surface area contributed by atoms with Crippen LogP contribution in [0.4, 0.5) is 10.2 Å². The molecule has 0 aliphatic carbocycles. The van der Waals surface area contributed by atoms with E-state index in [9.17, 15) is 14.0 Å². The van der Waals surface area contributed by atoms with Gasteiger partial charge in [0.2, 0.25) is 0 Å². The molecule has 9 nitrogen and oxygen atoms in total. The Morgan fingerprint density at radius 2 is 1.73 bits per heavy atom. The Bertz CT molecular complexity index is 1540. The van der Waals surface area contributed by atoms with Crippen LogP contribution in [0.15, 0.2) is 66.9 Å². The number of nitrogens with one attached hydrogen (secondary N) is 1. The minimum absolute atomic E-state index is 0.00742. The van der Waals surface area contributed by atoms with Crippen molar-refractivity contribution in [2.75, 3.05) is 44.6 Å². The number of halogens is 3. The lowest BCUT2D eigenvalue weighted by Crippen LogP contribution is -2.49. The van der Waals surface area contributed by atoms with Crippen LogP contribution in [0.3, 0.4) is 0 Å². The summed E-state index contributed by atoms with van der Waals surface area (Å²) in [4.78, 5) is 34.8. The Kier molecular flexibility index (Phi) is 8.41. The Morgan fingerprint density at radius 1 is 0.975 bits per heavy atom. The first-order chi connectivity index (χ1) is 19.4. The second kappa shape index (κ2) is 12.1. The van der Waals surface area contributed by atoms with Crippen molar-refractivity contribution >= 4 is 40.8 Å². The van der Waals surface area contributed by atoms with Gasteiger partial charge in [-0.15, -0.1) is 0 Å². The molecule has 0 saturated carbocycles. The van der Waals surface area contributed by atoms with Crippen molar-refractivity contribution in [2.24, 2.45) is 5.73 Å². The first kappa shape index (κ1) is 27.7. The highest BCUT2D eigenvalue weighted by atomic mass is 35.5. The largest absolute Gasteiger partial charge is 0.335 e. The predicted molar refractivity (Wildman–Crippen MR) is 153 cm³/mol. The predicted octanol–water partition coefficient (Wildman–Crippen LogP) is 4.35. The van der Waals surface area contributed by atoms with E-state index in [2.05, 4.69) is 20.3 Å². The summed E-state index contributed by atoms with van der Waals surface area (Å²) in [6.07, 6.45) is 1.43. The second-order valence-corrected chi connectivity index (χ2v) is 10.00. The first-order valence-electron chi connectivity index (χ1n) is 12.6. The first-order valence-corrected chi connectivity index (χ1v) is 13.4. The zero-order valence-electron chi connectivity index (χ0n) is 21.4. The van der Waals surface area contributed by atoms with Gasteiger partial charge in [0.05, 0.1) is 21.3 Å². The van der Waals surface area contributed by atoms with Gasteiger partial charge in [-0.1, -0.05) is 41.4 Å².